The first-order valence-corrected chi connectivity index (χ1v) is 19.4. The van der Waals surface area contributed by atoms with Crippen LogP contribution in [0.4, 0.5) is 0 Å². The lowest BCUT2D eigenvalue weighted by Crippen LogP contribution is -1.93. The Morgan fingerprint density at radius 1 is 0.276 bits per heavy atom. The summed E-state index contributed by atoms with van der Waals surface area (Å²) in [6.07, 6.45) is 0. The molecule has 0 saturated carbocycles. The smallest absolute Gasteiger partial charge is 0.164 e. The lowest BCUT2D eigenvalue weighted by molar-refractivity contribution is 0.960. The molecule has 0 fully saturated rings. The Balaban J connectivity index is 1.27. The fourth-order valence-electron chi connectivity index (χ4n) is 9.09. The summed E-state index contributed by atoms with van der Waals surface area (Å²) in [6.45, 7) is 0. The summed E-state index contributed by atoms with van der Waals surface area (Å²) in [7, 11) is 4.07. The monoisotopic (exact) mass is 742 g/mol. The molecule has 3 aromatic heterocycles. The number of hydrogen-bond acceptors (Lipinski definition) is 6. The quantitative estimate of drug-likeness (QED) is 0.154. The number of benzene rings is 8. The minimum Gasteiger partial charge on any atom is -0.313 e. The highest BCUT2D eigenvalue weighted by atomic mass is 15.1. The zero-order chi connectivity index (χ0) is 38.2. The van der Waals surface area contributed by atoms with E-state index in [0.29, 0.717) is 23.3 Å². The lowest BCUT2D eigenvalue weighted by atomic mass is 10.0. The van der Waals surface area contributed by atoms with Crippen molar-refractivity contribution in [3.05, 3.63) is 146 Å². The molecule has 0 radical (unpaired) electrons. The Bertz CT molecular complexity index is 3350. The van der Waals surface area contributed by atoms with Crippen molar-refractivity contribution in [1.82, 2.24) is 39.0 Å². The maximum absolute atomic E-state index is 5.45. The summed E-state index contributed by atoms with van der Waals surface area (Å²) in [4.78, 5) is 32.4. The van der Waals surface area contributed by atoms with E-state index < -0.39 is 0 Å². The van der Waals surface area contributed by atoms with E-state index in [4.69, 9.17) is 29.9 Å². The molecule has 8 heteroatoms. The van der Waals surface area contributed by atoms with E-state index in [2.05, 4.69) is 155 Å². The van der Waals surface area contributed by atoms with Crippen LogP contribution < -0.4 is 0 Å². The van der Waals surface area contributed by atoms with Crippen molar-refractivity contribution in [2.75, 3.05) is 0 Å². The van der Waals surface area contributed by atoms with Gasteiger partial charge in [0, 0.05) is 57.9 Å². The zero-order valence-electron chi connectivity index (χ0n) is 31.4. The van der Waals surface area contributed by atoms with Crippen LogP contribution in [0.3, 0.4) is 0 Å². The number of rotatable bonds is 0. The fraction of sp³-hybridized carbons (Fsp3) is 0.0400. The first-order chi connectivity index (χ1) is 28.5. The zero-order valence-corrected chi connectivity index (χ0v) is 31.4. The Kier molecular flexibility index (Phi) is 6.15. The normalized spacial score (nSPS) is 12.3. The molecule has 11 aromatic rings. The summed E-state index contributed by atoms with van der Waals surface area (Å²) in [5.41, 5.74) is 6.77. The van der Waals surface area contributed by atoms with E-state index in [-0.39, 0.29) is 0 Å². The maximum Gasteiger partial charge on any atom is 0.164 e. The molecule has 0 saturated heterocycles. The van der Waals surface area contributed by atoms with Crippen molar-refractivity contribution >= 4 is 87.2 Å². The van der Waals surface area contributed by atoms with Gasteiger partial charge in [0.25, 0.3) is 0 Å². The van der Waals surface area contributed by atoms with Gasteiger partial charge in [-0.2, -0.15) is 0 Å². The van der Waals surface area contributed by atoms with E-state index in [1.807, 2.05) is 14.1 Å². The standard InChI is InChI=1S/C50H30N8/c1-57-47-39-23-31-15-7-8-16-32(31)24-40(39)48(57)54-44-36-20-28-12-4-6-14-30(28)22-38(36)46(52-44)56-50-42-26-34-18-10-9-17-33(34)25-41(42)49(58(50)2)55-45-37-21-29-13-5-3-11-27(29)19-35(37)43(51-45)53-47/h3-26H,1-2H3. The predicted molar refractivity (Wildman–Crippen MR) is 235 cm³/mol. The molecule has 8 aromatic carbocycles. The summed E-state index contributed by atoms with van der Waals surface area (Å²) >= 11 is 0. The molecule has 0 N–H and O–H groups in total. The summed E-state index contributed by atoms with van der Waals surface area (Å²) in [5.74, 6) is 2.42. The third-order valence-corrected chi connectivity index (χ3v) is 12.0. The average Bonchev–Trinajstić information content (AvgIpc) is 3.92. The van der Waals surface area contributed by atoms with Crippen molar-refractivity contribution in [2.24, 2.45) is 14.1 Å². The van der Waals surface area contributed by atoms with Crippen LogP contribution in [0.2, 0.25) is 0 Å². The van der Waals surface area contributed by atoms with Crippen LogP contribution in [0.1, 0.15) is 0 Å². The number of aryl methyl sites for hydroxylation is 2. The van der Waals surface area contributed by atoms with Crippen molar-refractivity contribution in [2.45, 2.75) is 0 Å². The highest BCUT2D eigenvalue weighted by Gasteiger charge is 2.25. The molecular weight excluding hydrogens is 713 g/mol. The lowest BCUT2D eigenvalue weighted by Gasteiger charge is -2.04. The topological polar surface area (TPSA) is 87.2 Å². The van der Waals surface area contributed by atoms with Gasteiger partial charge in [0.1, 0.15) is 22.6 Å². The molecule has 2 aliphatic heterocycles. The first-order valence-electron chi connectivity index (χ1n) is 19.4. The fourth-order valence-corrected chi connectivity index (χ4v) is 9.09. The molecular formula is C50H30N8. The third-order valence-electron chi connectivity index (χ3n) is 12.0. The number of fused-ring (bicyclic) bond motifs is 24. The first kappa shape index (κ1) is 31.4. The van der Waals surface area contributed by atoms with Crippen molar-refractivity contribution < 1.29 is 0 Å². The van der Waals surface area contributed by atoms with Gasteiger partial charge in [0.05, 0.1) is 0 Å². The van der Waals surface area contributed by atoms with Crippen molar-refractivity contribution in [3.8, 4) is 45.6 Å². The maximum atomic E-state index is 5.45. The number of hydrogen-bond donors (Lipinski definition) is 0. The van der Waals surface area contributed by atoms with Gasteiger partial charge in [-0.05, 0) is 91.6 Å². The second-order valence-corrected chi connectivity index (χ2v) is 15.4. The molecule has 58 heavy (non-hydrogen) atoms. The van der Waals surface area contributed by atoms with E-state index in [1.165, 1.54) is 0 Å². The Labute approximate surface area is 330 Å². The number of aromatic nitrogens is 8. The Morgan fingerprint density at radius 2 is 0.483 bits per heavy atom. The van der Waals surface area contributed by atoms with Gasteiger partial charge < -0.3 is 9.13 Å². The van der Waals surface area contributed by atoms with E-state index in [1.54, 1.807) is 0 Å². The summed E-state index contributed by atoms with van der Waals surface area (Å²) in [6, 6.07) is 51.3. The minimum atomic E-state index is 0.605. The minimum absolute atomic E-state index is 0.605. The molecule has 13 rings (SSSR count). The second kappa shape index (κ2) is 11.4. The largest absolute Gasteiger partial charge is 0.313 e. The Morgan fingerprint density at radius 3 is 0.707 bits per heavy atom. The predicted octanol–water partition coefficient (Wildman–Crippen LogP) is 11.5. The van der Waals surface area contributed by atoms with Crippen LogP contribution in [0.25, 0.3) is 133 Å². The van der Waals surface area contributed by atoms with Crippen molar-refractivity contribution in [1.29, 1.82) is 0 Å². The summed E-state index contributed by atoms with van der Waals surface area (Å²) in [5, 5.41) is 12.9. The van der Waals surface area contributed by atoms with Gasteiger partial charge in [0.15, 0.2) is 23.3 Å². The molecule has 5 heterocycles. The van der Waals surface area contributed by atoms with Crippen molar-refractivity contribution in [3.63, 3.8) is 0 Å². The average molecular weight is 743 g/mol. The molecule has 8 bridgehead atoms. The Hall–Kier alpha value is -7.84. The highest BCUT2D eigenvalue weighted by molar-refractivity contribution is 6.13. The van der Waals surface area contributed by atoms with Crippen LogP contribution in [0.5, 0.6) is 0 Å². The highest BCUT2D eigenvalue weighted by Crippen LogP contribution is 2.41. The molecule has 270 valence electrons. The van der Waals surface area contributed by atoms with Crippen LogP contribution in [-0.4, -0.2) is 39.0 Å². The molecule has 2 aliphatic rings. The van der Waals surface area contributed by atoms with E-state index >= 15 is 0 Å². The van der Waals surface area contributed by atoms with Crippen LogP contribution in [0.15, 0.2) is 146 Å². The summed E-state index contributed by atoms with van der Waals surface area (Å²) < 4.78 is 4.16. The molecule has 0 amide bonds. The molecule has 0 unspecified atom stereocenters. The van der Waals surface area contributed by atoms with Crippen LogP contribution in [-0.2, 0) is 14.1 Å². The molecule has 0 atom stereocenters. The van der Waals surface area contributed by atoms with Crippen LogP contribution >= 0.6 is 0 Å². The third kappa shape index (κ3) is 4.39. The van der Waals surface area contributed by atoms with Gasteiger partial charge in [-0.1, -0.05) is 97.1 Å². The van der Waals surface area contributed by atoms with Gasteiger partial charge in [-0.15, -0.1) is 0 Å². The van der Waals surface area contributed by atoms with E-state index in [0.717, 1.165) is 109 Å². The molecule has 0 aliphatic carbocycles. The van der Waals surface area contributed by atoms with Crippen LogP contribution in [0, 0.1) is 0 Å². The van der Waals surface area contributed by atoms with Gasteiger partial charge >= 0.3 is 0 Å². The molecule has 0 spiro atoms. The van der Waals surface area contributed by atoms with Gasteiger partial charge in [-0.3, -0.25) is 0 Å². The second-order valence-electron chi connectivity index (χ2n) is 15.4. The van der Waals surface area contributed by atoms with Gasteiger partial charge in [0.2, 0.25) is 0 Å². The molecule has 8 nitrogen and oxygen atoms in total. The SMILES string of the molecule is Cn1c2nc3nc(nc4c5cc6ccccc6cc5c(nc5nc(nc1c1cc6ccccc6cc12)-c1cc2ccccc2cc1-5)n4C)-c1cc2ccccc2cc1-3. The van der Waals surface area contributed by atoms with E-state index in [9.17, 15) is 0 Å². The number of nitrogens with zero attached hydrogens (tertiary/aromatic N) is 8. The van der Waals surface area contributed by atoms with Gasteiger partial charge in [-0.25, -0.2) is 29.9 Å².